The first-order valence-electron chi connectivity index (χ1n) is 24.3. The predicted molar refractivity (Wildman–Crippen MR) is 243 cm³/mol. The molecule has 3 saturated carbocycles. The van der Waals surface area contributed by atoms with Crippen molar-refractivity contribution in [3.05, 3.63) is 65.7 Å². The van der Waals surface area contributed by atoms with Gasteiger partial charge in [-0.1, -0.05) is 98.1 Å². The van der Waals surface area contributed by atoms with Crippen LogP contribution in [0.15, 0.2) is 70.4 Å². The maximum Gasteiger partial charge on any atom is 0.338 e. The molecule has 0 radical (unpaired) electrons. The first-order chi connectivity index (χ1) is 29.0. The van der Waals surface area contributed by atoms with Gasteiger partial charge in [-0.25, -0.2) is 4.79 Å². The third-order valence-electron chi connectivity index (χ3n) is 15.6. The second-order valence-corrected chi connectivity index (χ2v) is 20.1. The molecule has 0 aromatic heterocycles. The van der Waals surface area contributed by atoms with Gasteiger partial charge in [0.1, 0.15) is 11.9 Å². The summed E-state index contributed by atoms with van der Waals surface area (Å²) in [6.45, 7) is 15.8. The first-order valence-corrected chi connectivity index (χ1v) is 24.3. The number of azo groups is 1. The van der Waals surface area contributed by atoms with Crippen LogP contribution in [0.1, 0.15) is 180 Å². The average molecular weight is 823 g/mol. The van der Waals surface area contributed by atoms with Crippen molar-refractivity contribution >= 4 is 23.3 Å². The van der Waals surface area contributed by atoms with E-state index in [1.54, 1.807) is 29.8 Å². The van der Waals surface area contributed by atoms with Crippen molar-refractivity contribution in [3.8, 4) is 5.75 Å². The Kier molecular flexibility index (Phi) is 16.9. The Labute approximate surface area is 363 Å². The predicted octanol–water partition coefficient (Wildman–Crippen LogP) is 15.1. The number of allylic oxidation sites excluding steroid dienone is 1. The Bertz CT molecular complexity index is 1720. The number of nitrogens with zero attached hydrogens (tertiary/aromatic N) is 2. The maximum atomic E-state index is 12.9. The molecular formula is C53H78N2O5. The summed E-state index contributed by atoms with van der Waals surface area (Å²) < 4.78 is 17.5. The van der Waals surface area contributed by atoms with Crippen LogP contribution in [-0.4, -0.2) is 31.3 Å². The van der Waals surface area contributed by atoms with E-state index in [0.29, 0.717) is 36.1 Å². The minimum Gasteiger partial charge on any atom is -0.494 e. The summed E-state index contributed by atoms with van der Waals surface area (Å²) in [4.78, 5) is 25.6. The molecule has 7 nitrogen and oxygen atoms in total. The highest BCUT2D eigenvalue weighted by Crippen LogP contribution is 2.67. The summed E-state index contributed by atoms with van der Waals surface area (Å²) >= 11 is 0. The van der Waals surface area contributed by atoms with E-state index in [-0.39, 0.29) is 23.5 Å². The Morgan fingerprint density at radius 1 is 0.750 bits per heavy atom. The fraction of sp³-hybridized carbons (Fsp3) is 0.698. The number of esters is 2. The topological polar surface area (TPSA) is 86.5 Å². The Balaban J connectivity index is 0.852. The van der Waals surface area contributed by atoms with E-state index in [0.717, 1.165) is 92.1 Å². The van der Waals surface area contributed by atoms with Gasteiger partial charge in [0.2, 0.25) is 0 Å². The Hall–Kier alpha value is -3.48. The Morgan fingerprint density at radius 3 is 2.18 bits per heavy atom. The molecule has 0 amide bonds. The van der Waals surface area contributed by atoms with Crippen molar-refractivity contribution in [2.24, 2.45) is 56.6 Å². The van der Waals surface area contributed by atoms with Crippen LogP contribution in [0.5, 0.6) is 5.75 Å². The molecular weight excluding hydrogens is 745 g/mol. The summed E-state index contributed by atoms with van der Waals surface area (Å²) in [5.41, 5.74) is 4.21. The molecule has 0 heterocycles. The summed E-state index contributed by atoms with van der Waals surface area (Å²) in [6, 6.07) is 14.6. The number of hydrogen-bond acceptors (Lipinski definition) is 7. The second kappa shape index (κ2) is 22.0. The highest BCUT2D eigenvalue weighted by molar-refractivity contribution is 5.89. The normalized spacial score (nSPS) is 27.8. The number of hydrogen-bond donors (Lipinski definition) is 0. The van der Waals surface area contributed by atoms with Gasteiger partial charge < -0.3 is 14.2 Å². The number of carbonyl (C=O) groups excluding carboxylic acids is 2. The highest BCUT2D eigenvalue weighted by Gasteiger charge is 2.59. The van der Waals surface area contributed by atoms with Crippen molar-refractivity contribution in [1.29, 1.82) is 0 Å². The van der Waals surface area contributed by atoms with Crippen molar-refractivity contribution in [2.45, 2.75) is 176 Å². The fourth-order valence-electron chi connectivity index (χ4n) is 12.1. The smallest absolute Gasteiger partial charge is 0.338 e. The molecule has 4 aliphatic carbocycles. The molecule has 4 aliphatic rings. The minimum atomic E-state index is -0.358. The lowest BCUT2D eigenvalue weighted by molar-refractivity contribution is -0.151. The lowest BCUT2D eigenvalue weighted by Gasteiger charge is -2.58. The van der Waals surface area contributed by atoms with Gasteiger partial charge in [0, 0.05) is 12.8 Å². The van der Waals surface area contributed by atoms with Gasteiger partial charge in [-0.3, -0.25) is 4.79 Å². The zero-order valence-corrected chi connectivity index (χ0v) is 38.2. The SMILES string of the molecule is CCCCCCCOc1ccc(N=Nc2ccc(C(=O)OCCCCCC(=O)O[C@H]3CC[C@@]4(C)C(=CC[C@H]5[C@@H]6CC[C@H]([C@H](C)CCCC(C)C)[C@@]6(C)CC[C@@H]54)C3)cc2)cc1. The van der Waals surface area contributed by atoms with E-state index < -0.39 is 0 Å². The van der Waals surface area contributed by atoms with Crippen molar-refractivity contribution in [2.75, 3.05) is 13.2 Å². The van der Waals surface area contributed by atoms with Crippen LogP contribution in [0.4, 0.5) is 11.4 Å². The van der Waals surface area contributed by atoms with E-state index in [2.05, 4.69) is 57.8 Å². The van der Waals surface area contributed by atoms with E-state index >= 15 is 0 Å². The fourth-order valence-corrected chi connectivity index (χ4v) is 12.1. The number of fused-ring (bicyclic) bond motifs is 5. The molecule has 0 N–H and O–H groups in total. The average Bonchev–Trinajstić information content (AvgIpc) is 3.60. The van der Waals surface area contributed by atoms with Crippen LogP contribution in [-0.2, 0) is 14.3 Å². The van der Waals surface area contributed by atoms with Crippen molar-refractivity contribution in [1.82, 2.24) is 0 Å². The summed E-state index contributed by atoms with van der Waals surface area (Å²) in [5.74, 6) is 5.39. The summed E-state index contributed by atoms with van der Waals surface area (Å²) in [7, 11) is 0. The van der Waals surface area contributed by atoms with Crippen LogP contribution in [0.2, 0.25) is 0 Å². The molecule has 8 atom stereocenters. The zero-order valence-electron chi connectivity index (χ0n) is 38.2. The lowest BCUT2D eigenvalue weighted by Crippen LogP contribution is -2.51. The van der Waals surface area contributed by atoms with Gasteiger partial charge in [-0.15, -0.1) is 0 Å². The summed E-state index contributed by atoms with van der Waals surface area (Å²) in [6.07, 6.45) is 25.3. The van der Waals surface area contributed by atoms with Crippen LogP contribution >= 0.6 is 0 Å². The van der Waals surface area contributed by atoms with E-state index in [1.165, 1.54) is 77.0 Å². The molecule has 0 aliphatic heterocycles. The van der Waals surface area contributed by atoms with Crippen LogP contribution in [0.25, 0.3) is 0 Å². The monoisotopic (exact) mass is 823 g/mol. The van der Waals surface area contributed by atoms with Gasteiger partial charge in [-0.2, -0.15) is 10.2 Å². The molecule has 0 bridgehead atoms. The van der Waals surface area contributed by atoms with Crippen LogP contribution < -0.4 is 4.74 Å². The van der Waals surface area contributed by atoms with Crippen molar-refractivity contribution < 1.29 is 23.8 Å². The molecule has 6 rings (SSSR count). The lowest BCUT2D eigenvalue weighted by atomic mass is 9.47. The van der Waals surface area contributed by atoms with Crippen LogP contribution in [0.3, 0.4) is 0 Å². The van der Waals surface area contributed by atoms with E-state index in [1.807, 2.05) is 24.3 Å². The quantitative estimate of drug-likeness (QED) is 0.0511. The largest absolute Gasteiger partial charge is 0.494 e. The molecule has 2 aromatic carbocycles. The van der Waals surface area contributed by atoms with Gasteiger partial charge in [0.15, 0.2) is 0 Å². The first kappa shape index (κ1) is 46.0. The molecule has 60 heavy (non-hydrogen) atoms. The molecule has 2 aromatic rings. The highest BCUT2D eigenvalue weighted by atomic mass is 16.5. The molecule has 0 saturated heterocycles. The van der Waals surface area contributed by atoms with Gasteiger partial charge in [0.05, 0.1) is 30.2 Å². The Morgan fingerprint density at radius 2 is 1.45 bits per heavy atom. The molecule has 0 spiro atoms. The molecule has 7 heteroatoms. The minimum absolute atomic E-state index is 0.000200. The molecule has 0 unspecified atom stereocenters. The molecule has 3 fully saturated rings. The standard InChI is InChI=1S/C53H78N2O5/c1-7-8-9-10-13-35-58-44-26-24-43(25-27-44)55-54-42-22-19-40(20-23-42)51(57)59-36-14-11-12-18-50(56)60-45-31-33-52(5)41(37-45)21-28-46-48-30-29-47(39(4)17-15-16-38(2)3)53(48,6)34-32-49(46)52/h19-27,38-39,45-49H,7-18,28-37H2,1-6H3/t39-,45+,46+,47-,48+,49+,52+,53-/m1/s1. The number of benzene rings is 2. The number of ether oxygens (including phenoxy) is 3. The summed E-state index contributed by atoms with van der Waals surface area (Å²) in [5, 5.41) is 8.63. The van der Waals surface area contributed by atoms with Crippen LogP contribution in [0, 0.1) is 46.3 Å². The third kappa shape index (κ3) is 11.9. The van der Waals surface area contributed by atoms with E-state index in [4.69, 9.17) is 14.2 Å². The number of rotatable bonds is 22. The second-order valence-electron chi connectivity index (χ2n) is 20.1. The van der Waals surface area contributed by atoms with E-state index in [9.17, 15) is 9.59 Å². The third-order valence-corrected chi connectivity index (χ3v) is 15.6. The zero-order chi connectivity index (χ0) is 42.5. The van der Waals surface area contributed by atoms with Gasteiger partial charge in [0.25, 0.3) is 0 Å². The number of carbonyl (C=O) groups is 2. The van der Waals surface area contributed by atoms with Crippen molar-refractivity contribution in [3.63, 3.8) is 0 Å². The number of unbranched alkanes of at least 4 members (excludes halogenated alkanes) is 6. The van der Waals surface area contributed by atoms with Gasteiger partial charge >= 0.3 is 11.9 Å². The maximum absolute atomic E-state index is 12.9. The molecule has 330 valence electrons. The van der Waals surface area contributed by atoms with Gasteiger partial charge in [-0.05, 0) is 165 Å².